The van der Waals surface area contributed by atoms with Gasteiger partial charge >= 0.3 is 0 Å². The minimum Gasteiger partial charge on any atom is -0.394 e. The van der Waals surface area contributed by atoms with Crippen molar-refractivity contribution < 1.29 is 9.59 Å². The van der Waals surface area contributed by atoms with Gasteiger partial charge in [0.2, 0.25) is 5.82 Å². The summed E-state index contributed by atoms with van der Waals surface area (Å²) in [5.74, 6) is -0.356. The Kier molecular flexibility index (Phi) is 6.45. The number of carbonyl (C=O) groups is 2. The van der Waals surface area contributed by atoms with Gasteiger partial charge in [-0.15, -0.1) is 10.2 Å². The molecule has 3 heterocycles. The number of benzene rings is 2. The highest BCUT2D eigenvalue weighted by molar-refractivity contribution is 5.97. The molecule has 2 amide bonds. The molecule has 14 nitrogen and oxygen atoms in total. The number of aromatic amines is 1. The molecular weight excluding hydrogens is 564 g/mol. The number of aromatic nitrogens is 6. The molecule has 1 atom stereocenters. The molecule has 7 rings (SSSR count). The third kappa shape index (κ3) is 4.47. The van der Waals surface area contributed by atoms with Crippen LogP contribution in [0.1, 0.15) is 61.3 Å². The second-order valence-corrected chi connectivity index (χ2v) is 10.9. The van der Waals surface area contributed by atoms with Crippen molar-refractivity contribution in [3.05, 3.63) is 102 Å². The molecule has 220 valence electrons. The third-order valence-electron chi connectivity index (χ3n) is 8.41. The lowest BCUT2D eigenvalue weighted by molar-refractivity contribution is 0.0931. The van der Waals surface area contributed by atoms with Gasteiger partial charge in [-0.3, -0.25) is 19.2 Å². The molecule has 14 heteroatoms. The maximum absolute atomic E-state index is 13.2. The van der Waals surface area contributed by atoms with E-state index in [4.69, 9.17) is 5.73 Å². The van der Waals surface area contributed by atoms with Crippen molar-refractivity contribution >= 4 is 28.9 Å². The minimum absolute atomic E-state index is 0.0213. The number of H-pyrrole nitrogens is 1. The molecule has 3 aromatic carbocycles. The van der Waals surface area contributed by atoms with E-state index < -0.39 is 22.7 Å². The topological polar surface area (TPSA) is 202 Å². The van der Waals surface area contributed by atoms with Gasteiger partial charge in [0.25, 0.3) is 22.7 Å². The zero-order valence-electron chi connectivity index (χ0n) is 23.5. The molecule has 0 spiro atoms. The molecule has 5 aromatic rings. The van der Waals surface area contributed by atoms with Gasteiger partial charge in [-0.1, -0.05) is 24.3 Å². The van der Waals surface area contributed by atoms with Crippen molar-refractivity contribution in [3.8, 4) is 11.4 Å². The van der Waals surface area contributed by atoms with Crippen LogP contribution in [0.5, 0.6) is 0 Å². The number of hydrogen-bond acceptors (Lipinski definition) is 11. The highest BCUT2D eigenvalue weighted by Gasteiger charge is 2.30. The number of anilines is 3. The Bertz CT molecular complexity index is 2030. The van der Waals surface area contributed by atoms with Crippen LogP contribution < -0.4 is 32.1 Å². The first-order chi connectivity index (χ1) is 21.3. The Labute approximate surface area is 249 Å². The SMILES string of the molecule is Cc1c(-c2nn[nH]n2)ccc2c1CC[C@@H]2NC(=O)c1cc(C(=O)NCc2ccc3c(c2)N(c2c(N)c(=O)c2=O)CC3)ncn1. The zero-order chi connectivity index (χ0) is 30.5. The molecule has 0 saturated heterocycles. The molecule has 2 aliphatic rings. The van der Waals surface area contributed by atoms with Crippen LogP contribution in [0.4, 0.5) is 17.1 Å². The van der Waals surface area contributed by atoms with E-state index in [0.717, 1.165) is 51.9 Å². The van der Waals surface area contributed by atoms with E-state index in [1.54, 1.807) is 4.90 Å². The first kappa shape index (κ1) is 27.1. The fraction of sp³-hybridized carbons (Fsp3) is 0.233. The summed E-state index contributed by atoms with van der Waals surface area (Å²) >= 11 is 0. The van der Waals surface area contributed by atoms with E-state index >= 15 is 0 Å². The van der Waals surface area contributed by atoms with E-state index in [-0.39, 0.29) is 35.3 Å². The molecule has 1 aliphatic heterocycles. The molecule has 0 unspecified atom stereocenters. The van der Waals surface area contributed by atoms with Gasteiger partial charge < -0.3 is 21.3 Å². The number of nitrogens with zero attached hydrogens (tertiary/aromatic N) is 6. The Morgan fingerprint density at radius 2 is 1.86 bits per heavy atom. The predicted molar refractivity (Wildman–Crippen MR) is 159 cm³/mol. The number of nitrogen functional groups attached to an aromatic ring is 1. The van der Waals surface area contributed by atoms with Crippen LogP contribution in [0.15, 0.2) is 52.3 Å². The van der Waals surface area contributed by atoms with Gasteiger partial charge in [-0.2, -0.15) is 5.21 Å². The smallest absolute Gasteiger partial charge is 0.270 e. The zero-order valence-corrected chi connectivity index (χ0v) is 23.5. The minimum atomic E-state index is -0.659. The summed E-state index contributed by atoms with van der Waals surface area (Å²) in [6.45, 7) is 2.73. The summed E-state index contributed by atoms with van der Waals surface area (Å²) in [5.41, 5.74) is 11.6. The van der Waals surface area contributed by atoms with Crippen molar-refractivity contribution in [3.63, 3.8) is 0 Å². The molecule has 44 heavy (non-hydrogen) atoms. The van der Waals surface area contributed by atoms with Gasteiger partial charge in [-0.05, 0) is 65.3 Å². The quantitative estimate of drug-likeness (QED) is 0.198. The van der Waals surface area contributed by atoms with Crippen molar-refractivity contribution in [2.45, 2.75) is 38.8 Å². The maximum Gasteiger partial charge on any atom is 0.270 e. The van der Waals surface area contributed by atoms with Crippen LogP contribution in [0.25, 0.3) is 11.4 Å². The predicted octanol–water partition coefficient (Wildman–Crippen LogP) is 1.18. The van der Waals surface area contributed by atoms with E-state index in [1.807, 2.05) is 37.3 Å². The lowest BCUT2D eigenvalue weighted by atomic mass is 9.97. The fourth-order valence-electron chi connectivity index (χ4n) is 6.09. The molecule has 5 N–H and O–H groups in total. The van der Waals surface area contributed by atoms with Crippen LogP contribution in [0, 0.1) is 6.92 Å². The molecular formula is C30H26N10O4. The van der Waals surface area contributed by atoms with Crippen LogP contribution in [-0.4, -0.2) is 49.0 Å². The lowest BCUT2D eigenvalue weighted by Crippen LogP contribution is -2.40. The maximum atomic E-state index is 13.2. The summed E-state index contributed by atoms with van der Waals surface area (Å²) in [4.78, 5) is 59.8. The van der Waals surface area contributed by atoms with Crippen LogP contribution in [0.3, 0.4) is 0 Å². The van der Waals surface area contributed by atoms with Gasteiger partial charge in [0.15, 0.2) is 0 Å². The molecule has 2 aromatic heterocycles. The highest BCUT2D eigenvalue weighted by Crippen LogP contribution is 2.37. The largest absolute Gasteiger partial charge is 0.394 e. The molecule has 0 bridgehead atoms. The number of nitrogens with two attached hydrogens (primary N) is 1. The van der Waals surface area contributed by atoms with Crippen molar-refractivity contribution in [1.29, 1.82) is 0 Å². The number of nitrogens with one attached hydrogen (secondary N) is 3. The van der Waals surface area contributed by atoms with E-state index in [9.17, 15) is 19.2 Å². The van der Waals surface area contributed by atoms with Gasteiger partial charge in [-0.25, -0.2) is 9.97 Å². The lowest BCUT2D eigenvalue weighted by Gasteiger charge is -2.22. The summed E-state index contributed by atoms with van der Waals surface area (Å²) in [6, 6.07) is 10.7. The van der Waals surface area contributed by atoms with Gasteiger partial charge in [0.05, 0.1) is 6.04 Å². The first-order valence-electron chi connectivity index (χ1n) is 14.1. The average molecular weight is 591 g/mol. The molecule has 0 saturated carbocycles. The summed E-state index contributed by atoms with van der Waals surface area (Å²) in [7, 11) is 0. The molecule has 0 fully saturated rings. The standard InChI is InChI=1S/C30H26N10O4/c1-14-17-6-7-20(19(17)5-4-18(14)28-36-38-39-37-28)35-30(44)22-11-21(33-13-34-22)29(43)32-12-15-2-3-16-8-9-40(23(16)10-15)25-24(31)26(41)27(25)42/h2-5,10-11,13,20H,6-9,12,31H2,1H3,(H,32,43)(H,35,44)(H,36,37,38,39)/t20-/m0/s1. The molecule has 1 aliphatic carbocycles. The summed E-state index contributed by atoms with van der Waals surface area (Å²) in [5, 5.41) is 20.1. The number of rotatable bonds is 7. The normalized spacial score (nSPS) is 15.3. The number of hydrogen-bond donors (Lipinski definition) is 4. The Hall–Kier alpha value is -5.79. The van der Waals surface area contributed by atoms with E-state index in [0.29, 0.717) is 18.8 Å². The van der Waals surface area contributed by atoms with Crippen molar-refractivity contribution in [2.75, 3.05) is 17.2 Å². The Morgan fingerprint density at radius 3 is 2.64 bits per heavy atom. The van der Waals surface area contributed by atoms with Crippen LogP contribution in [0.2, 0.25) is 0 Å². The molecule has 0 radical (unpaired) electrons. The number of tetrazole rings is 1. The summed E-state index contributed by atoms with van der Waals surface area (Å²) < 4.78 is 0. The fourth-order valence-corrected chi connectivity index (χ4v) is 6.09. The third-order valence-corrected chi connectivity index (χ3v) is 8.41. The van der Waals surface area contributed by atoms with Gasteiger partial charge in [0, 0.05) is 30.4 Å². The number of fused-ring (bicyclic) bond motifs is 2. The Morgan fingerprint density at radius 1 is 1.05 bits per heavy atom. The van der Waals surface area contributed by atoms with Crippen molar-refractivity contribution in [2.24, 2.45) is 0 Å². The average Bonchev–Trinajstić information content (AvgIpc) is 3.81. The highest BCUT2D eigenvalue weighted by atomic mass is 16.2. The summed E-state index contributed by atoms with van der Waals surface area (Å²) in [6.07, 6.45) is 3.41. The second-order valence-electron chi connectivity index (χ2n) is 10.9. The second kappa shape index (κ2) is 10.5. The van der Waals surface area contributed by atoms with Crippen LogP contribution >= 0.6 is 0 Å². The van der Waals surface area contributed by atoms with Crippen LogP contribution in [-0.2, 0) is 19.4 Å². The van der Waals surface area contributed by atoms with Crippen molar-refractivity contribution in [1.82, 2.24) is 41.2 Å². The van der Waals surface area contributed by atoms with E-state index in [1.165, 1.54) is 12.4 Å². The van der Waals surface area contributed by atoms with Gasteiger partial charge in [0.1, 0.15) is 29.1 Å². The first-order valence-corrected chi connectivity index (χ1v) is 14.1. The monoisotopic (exact) mass is 590 g/mol. The van der Waals surface area contributed by atoms with E-state index in [2.05, 4.69) is 41.2 Å². The number of amides is 2. The number of carbonyl (C=O) groups excluding carboxylic acids is 2. The Balaban J connectivity index is 1.02.